The number of nitrogens with one attached hydrogen (secondary N) is 1. The zero-order chi connectivity index (χ0) is 29.4. The lowest BCUT2D eigenvalue weighted by molar-refractivity contribution is -0.117. The molecule has 1 amide bonds. The second-order valence-electron chi connectivity index (χ2n) is 10.5. The number of aliphatic hydroxyl groups is 1. The molecule has 1 aliphatic carbocycles. The lowest BCUT2D eigenvalue weighted by atomic mass is 9.93. The van der Waals surface area contributed by atoms with E-state index in [9.17, 15) is 9.90 Å². The maximum Gasteiger partial charge on any atom is 0.268 e. The van der Waals surface area contributed by atoms with Crippen molar-refractivity contribution in [2.45, 2.75) is 38.0 Å². The number of nitrogens with zero attached hydrogens (tertiary/aromatic N) is 7. The molecular formula is C27H31FN10O4. The van der Waals surface area contributed by atoms with Crippen LogP contribution in [0.5, 0.6) is 5.75 Å². The Bertz CT molecular complexity index is 1630. The van der Waals surface area contributed by atoms with Crippen LogP contribution in [0.25, 0.3) is 11.3 Å². The highest BCUT2D eigenvalue weighted by Gasteiger charge is 2.32. The predicted octanol–water partition coefficient (Wildman–Crippen LogP) is 0.807. The van der Waals surface area contributed by atoms with Crippen LogP contribution >= 0.6 is 0 Å². The molecule has 1 saturated carbocycles. The number of rotatable bonds is 11. The summed E-state index contributed by atoms with van der Waals surface area (Å²) in [4.78, 5) is 17.5. The van der Waals surface area contributed by atoms with E-state index in [2.05, 4.69) is 20.8 Å². The maximum atomic E-state index is 15.1. The highest BCUT2D eigenvalue weighted by molar-refractivity contribution is 5.92. The molecule has 2 aliphatic rings. The quantitative estimate of drug-likeness (QED) is 0.112. The fourth-order valence-electron chi connectivity index (χ4n) is 4.96. The van der Waals surface area contributed by atoms with Crippen LogP contribution in [-0.4, -0.2) is 65.9 Å². The Morgan fingerprint density at radius 2 is 2.17 bits per heavy atom. The number of imidazole rings is 1. The second kappa shape index (κ2) is 11.3. The molecule has 1 unspecified atom stereocenters. The smallest absolute Gasteiger partial charge is 0.268 e. The number of halogens is 1. The standard InChI is InChI=1S/C27H31FN10O4/c1-41-23-5-4-22(38-14-32-34-35-38)20(24(23)28)7-31-27(40)21(29)11-37(30)10-18-9-36-8-16(15-2-3-15)6-19(26(36)33-18)25(39)17-12-42-13-17/h4-6,8-9,11,14-15,17,25,39H,2-3,7,10,12-13,29-30H2,1H3,(H,31,40)/b21-11-. The third kappa shape index (κ3) is 5.48. The van der Waals surface area contributed by atoms with E-state index < -0.39 is 17.8 Å². The second-order valence-corrected chi connectivity index (χ2v) is 10.5. The van der Waals surface area contributed by atoms with Crippen LogP contribution in [-0.2, 0) is 22.6 Å². The first-order valence-electron chi connectivity index (χ1n) is 13.4. The van der Waals surface area contributed by atoms with Crippen LogP contribution in [0.15, 0.2) is 48.8 Å². The summed E-state index contributed by atoms with van der Waals surface area (Å²) < 4.78 is 28.6. The lowest BCUT2D eigenvalue weighted by Crippen LogP contribution is -2.33. The Labute approximate surface area is 239 Å². The molecule has 1 aliphatic heterocycles. The number of hydrazine groups is 1. The minimum Gasteiger partial charge on any atom is -0.494 e. The lowest BCUT2D eigenvalue weighted by Gasteiger charge is -2.31. The zero-order valence-corrected chi connectivity index (χ0v) is 22.9. The molecule has 0 spiro atoms. The minimum absolute atomic E-state index is 0.00104. The third-order valence-electron chi connectivity index (χ3n) is 7.46. The van der Waals surface area contributed by atoms with Crippen LogP contribution in [0.2, 0.25) is 0 Å². The van der Waals surface area contributed by atoms with Crippen molar-refractivity contribution in [3.8, 4) is 11.4 Å². The Morgan fingerprint density at radius 3 is 2.83 bits per heavy atom. The van der Waals surface area contributed by atoms with Crippen LogP contribution in [0.4, 0.5) is 4.39 Å². The average molecular weight is 579 g/mol. The molecule has 0 radical (unpaired) electrons. The minimum atomic E-state index is -0.681. The number of benzene rings is 1. The van der Waals surface area contributed by atoms with Crippen LogP contribution in [0.3, 0.4) is 0 Å². The number of carbonyl (C=O) groups excluding carboxylic acids is 1. The van der Waals surface area contributed by atoms with Gasteiger partial charge in [0.05, 0.1) is 44.4 Å². The number of ether oxygens (including phenoxy) is 2. The van der Waals surface area contributed by atoms with Gasteiger partial charge in [-0.2, -0.15) is 0 Å². The van der Waals surface area contributed by atoms with E-state index in [1.54, 1.807) is 6.07 Å². The van der Waals surface area contributed by atoms with Crippen molar-refractivity contribution in [1.29, 1.82) is 0 Å². The molecule has 1 aromatic carbocycles. The van der Waals surface area contributed by atoms with Gasteiger partial charge in [0.15, 0.2) is 11.6 Å². The number of amides is 1. The number of aliphatic hydroxyl groups excluding tert-OH is 1. The molecule has 4 aromatic rings. The van der Waals surface area contributed by atoms with E-state index in [4.69, 9.17) is 26.0 Å². The van der Waals surface area contributed by atoms with Gasteiger partial charge in [-0.3, -0.25) is 4.79 Å². The van der Waals surface area contributed by atoms with E-state index in [1.807, 2.05) is 22.9 Å². The summed E-state index contributed by atoms with van der Waals surface area (Å²) in [7, 11) is 1.34. The highest BCUT2D eigenvalue weighted by Crippen LogP contribution is 2.42. The molecule has 3 aromatic heterocycles. The SMILES string of the molecule is COc1ccc(-n2cnnn2)c(CNC(=O)/C(N)=C/N(N)Cc2cn3cc(C4CC4)cc(C(O)C4COC4)c3n2)c1F. The number of pyridine rings is 1. The highest BCUT2D eigenvalue weighted by atomic mass is 19.1. The van der Waals surface area contributed by atoms with Crippen molar-refractivity contribution in [2.24, 2.45) is 17.5 Å². The summed E-state index contributed by atoms with van der Waals surface area (Å²) >= 11 is 0. The fraction of sp³-hybridized carbons (Fsp3) is 0.370. The van der Waals surface area contributed by atoms with Crippen molar-refractivity contribution < 1.29 is 23.8 Å². The van der Waals surface area contributed by atoms with Gasteiger partial charge >= 0.3 is 0 Å². The normalized spacial score (nSPS) is 16.3. The molecule has 1 saturated heterocycles. The van der Waals surface area contributed by atoms with E-state index in [-0.39, 0.29) is 36.0 Å². The molecule has 15 heteroatoms. The number of methoxy groups -OCH3 is 1. The first kappa shape index (κ1) is 27.6. The van der Waals surface area contributed by atoms with Gasteiger partial charge in [0.1, 0.15) is 17.7 Å². The third-order valence-corrected chi connectivity index (χ3v) is 7.46. The summed E-state index contributed by atoms with van der Waals surface area (Å²) in [5, 5.41) is 25.8. The van der Waals surface area contributed by atoms with Gasteiger partial charge in [0, 0.05) is 42.2 Å². The van der Waals surface area contributed by atoms with Crippen LogP contribution in [0, 0.1) is 11.7 Å². The Morgan fingerprint density at radius 1 is 1.36 bits per heavy atom. The molecule has 0 bridgehead atoms. The Kier molecular flexibility index (Phi) is 7.45. The Hall–Kier alpha value is -4.60. The number of carbonyl (C=O) groups is 1. The van der Waals surface area contributed by atoms with Crippen molar-refractivity contribution in [2.75, 3.05) is 20.3 Å². The molecule has 6 rings (SSSR count). The largest absolute Gasteiger partial charge is 0.494 e. The van der Waals surface area contributed by atoms with Gasteiger partial charge in [0.25, 0.3) is 5.91 Å². The summed E-state index contributed by atoms with van der Waals surface area (Å²) in [6, 6.07) is 5.06. The molecule has 14 nitrogen and oxygen atoms in total. The van der Waals surface area contributed by atoms with E-state index in [0.717, 1.165) is 18.4 Å². The van der Waals surface area contributed by atoms with Gasteiger partial charge in [-0.25, -0.2) is 19.9 Å². The van der Waals surface area contributed by atoms with Crippen molar-refractivity contribution in [3.05, 3.63) is 77.0 Å². The van der Waals surface area contributed by atoms with Crippen LogP contribution in [0.1, 0.15) is 47.2 Å². The first-order valence-corrected chi connectivity index (χ1v) is 13.4. The summed E-state index contributed by atoms with van der Waals surface area (Å²) in [5.74, 6) is 5.37. The van der Waals surface area contributed by atoms with Crippen molar-refractivity contribution in [1.82, 2.24) is 39.9 Å². The van der Waals surface area contributed by atoms with E-state index in [0.29, 0.717) is 36.2 Å². The van der Waals surface area contributed by atoms with Gasteiger partial charge in [-0.1, -0.05) is 0 Å². The molecule has 4 heterocycles. The number of tetrazole rings is 1. The predicted molar refractivity (Wildman–Crippen MR) is 146 cm³/mol. The van der Waals surface area contributed by atoms with Crippen molar-refractivity contribution in [3.63, 3.8) is 0 Å². The first-order chi connectivity index (χ1) is 20.3. The number of hydrogen-bond acceptors (Lipinski definition) is 11. The van der Waals surface area contributed by atoms with Crippen molar-refractivity contribution >= 4 is 11.6 Å². The molecule has 42 heavy (non-hydrogen) atoms. The van der Waals surface area contributed by atoms with E-state index >= 15 is 4.39 Å². The van der Waals surface area contributed by atoms with E-state index in [1.165, 1.54) is 41.0 Å². The average Bonchev–Trinajstić information content (AvgIpc) is 3.49. The molecule has 2 fully saturated rings. The Balaban J connectivity index is 1.16. The van der Waals surface area contributed by atoms with Crippen LogP contribution < -0.4 is 21.6 Å². The summed E-state index contributed by atoms with van der Waals surface area (Å²) in [6.45, 7) is 0.953. The number of hydrogen-bond donors (Lipinski definition) is 4. The fourth-order valence-corrected chi connectivity index (χ4v) is 4.96. The van der Waals surface area contributed by atoms with Gasteiger partial charge in [-0.15, -0.1) is 5.10 Å². The summed E-state index contributed by atoms with van der Waals surface area (Å²) in [5.41, 5.74) is 9.47. The van der Waals surface area contributed by atoms with Gasteiger partial charge < -0.3 is 35.0 Å². The van der Waals surface area contributed by atoms with Gasteiger partial charge in [-0.05, 0) is 52.9 Å². The number of fused-ring (bicyclic) bond motifs is 1. The topological polar surface area (TPSA) is 184 Å². The number of aromatic nitrogens is 6. The molecular weight excluding hydrogens is 547 g/mol. The zero-order valence-electron chi connectivity index (χ0n) is 22.9. The summed E-state index contributed by atoms with van der Waals surface area (Å²) in [6.07, 6.45) is 8.05. The molecule has 220 valence electrons. The molecule has 6 N–H and O–H groups in total. The number of nitrogens with two attached hydrogens (primary N) is 2. The maximum absolute atomic E-state index is 15.1. The monoisotopic (exact) mass is 578 g/mol. The van der Waals surface area contributed by atoms with Gasteiger partial charge in [0.2, 0.25) is 0 Å². The molecule has 1 atom stereocenters.